The van der Waals surface area contributed by atoms with Crippen molar-refractivity contribution in [2.24, 2.45) is 0 Å². The Balaban J connectivity index is 4.38. The molecule has 0 radical (unpaired) electrons. The van der Waals surface area contributed by atoms with E-state index in [0.717, 1.165) is 116 Å². The highest BCUT2D eigenvalue weighted by atomic mass is 16.7. The normalized spacial score (nSPS) is 13.9. The molecule has 9 heteroatoms. The van der Waals surface area contributed by atoms with Crippen LogP contribution in [-0.4, -0.2) is 87.4 Å². The number of carboxylic acids is 1. The third-order valence-electron chi connectivity index (χ3n) is 10.9. The molecule has 0 aliphatic heterocycles. The largest absolute Gasteiger partial charge is 0.477 e. The van der Waals surface area contributed by atoms with E-state index < -0.39 is 24.3 Å². The second-order valence-corrected chi connectivity index (χ2v) is 18.8. The Labute approximate surface area is 433 Å². The highest BCUT2D eigenvalue weighted by Gasteiger charge is 2.25. The first-order valence-corrected chi connectivity index (χ1v) is 27.3. The Morgan fingerprint density at radius 3 is 1.24 bits per heavy atom. The van der Waals surface area contributed by atoms with Gasteiger partial charge in [0.05, 0.1) is 34.4 Å². The van der Waals surface area contributed by atoms with Crippen LogP contribution >= 0.6 is 0 Å². The number of esters is 2. The van der Waals surface area contributed by atoms with Crippen LogP contribution < -0.4 is 0 Å². The number of hydrogen-bond donors (Lipinski definition) is 1. The Morgan fingerprint density at radius 1 is 0.437 bits per heavy atom. The van der Waals surface area contributed by atoms with Gasteiger partial charge in [-0.2, -0.15) is 0 Å². The minimum absolute atomic E-state index is 0.170. The van der Waals surface area contributed by atoms with Crippen LogP contribution in [0.1, 0.15) is 181 Å². The minimum atomic E-state index is -1.53. The zero-order valence-corrected chi connectivity index (χ0v) is 45.3. The number of nitrogens with zero attached hydrogens (tertiary/aromatic N) is 1. The number of carbonyl (C=O) groups excluding carboxylic acids is 2. The number of carboxylic acid groups (broad SMARTS) is 1. The van der Waals surface area contributed by atoms with Crippen molar-refractivity contribution in [1.82, 2.24) is 0 Å². The highest BCUT2D eigenvalue weighted by Crippen LogP contribution is 2.12. The van der Waals surface area contributed by atoms with E-state index in [-0.39, 0.29) is 38.6 Å². The summed E-state index contributed by atoms with van der Waals surface area (Å²) in [7, 11) is 5.93. The van der Waals surface area contributed by atoms with Crippen LogP contribution in [0.25, 0.3) is 0 Å². The first kappa shape index (κ1) is 66.4. The molecule has 0 bridgehead atoms. The van der Waals surface area contributed by atoms with Gasteiger partial charge in [-0.25, -0.2) is 4.79 Å². The molecule has 0 aromatic carbocycles. The van der Waals surface area contributed by atoms with Crippen molar-refractivity contribution in [2.45, 2.75) is 193 Å². The summed E-state index contributed by atoms with van der Waals surface area (Å²) in [5.41, 5.74) is 0. The van der Waals surface area contributed by atoms with Crippen molar-refractivity contribution in [3.63, 3.8) is 0 Å². The van der Waals surface area contributed by atoms with E-state index in [4.69, 9.17) is 18.9 Å². The summed E-state index contributed by atoms with van der Waals surface area (Å²) in [6.07, 6.45) is 71.0. The smallest absolute Gasteiger partial charge is 0.361 e. The lowest BCUT2D eigenvalue weighted by molar-refractivity contribution is -0.870. The SMILES string of the molecule is CC/C=C\C/C=C\C/C=C\C/C=C\C/C=C\C/C=C\C/C=C\C/C=C\C/C=C\C/C=C\CCCCC(=O)OC(COC(=O)CCCCCCC/C=C\CCCCCC)COC(OCC[N+](C)(C)C)C(=O)O. The highest BCUT2D eigenvalue weighted by molar-refractivity contribution is 5.71. The van der Waals surface area contributed by atoms with Crippen LogP contribution in [-0.2, 0) is 33.3 Å². The van der Waals surface area contributed by atoms with Gasteiger partial charge >= 0.3 is 17.9 Å². The van der Waals surface area contributed by atoms with Gasteiger partial charge in [0.2, 0.25) is 0 Å². The lowest BCUT2D eigenvalue weighted by Crippen LogP contribution is -2.40. The zero-order valence-electron chi connectivity index (χ0n) is 45.3. The summed E-state index contributed by atoms with van der Waals surface area (Å²) >= 11 is 0. The van der Waals surface area contributed by atoms with Crippen molar-refractivity contribution in [3.8, 4) is 0 Å². The fourth-order valence-corrected chi connectivity index (χ4v) is 6.68. The summed E-state index contributed by atoms with van der Waals surface area (Å²) in [6.45, 7) is 4.65. The summed E-state index contributed by atoms with van der Waals surface area (Å²) in [5.74, 6) is -2.10. The molecule has 0 aromatic heterocycles. The van der Waals surface area contributed by atoms with E-state index in [1.54, 1.807) is 0 Å². The molecular weight excluding hydrogens is 887 g/mol. The Hall–Kier alpha value is -4.57. The number of quaternary nitrogens is 1. The van der Waals surface area contributed by atoms with Crippen LogP contribution in [0, 0.1) is 0 Å². The molecule has 400 valence electrons. The van der Waals surface area contributed by atoms with Gasteiger partial charge in [-0.3, -0.25) is 9.59 Å². The molecule has 2 unspecified atom stereocenters. The van der Waals surface area contributed by atoms with E-state index in [0.29, 0.717) is 17.4 Å². The topological polar surface area (TPSA) is 108 Å². The minimum Gasteiger partial charge on any atom is -0.477 e. The molecule has 0 aromatic rings. The summed E-state index contributed by atoms with van der Waals surface area (Å²) in [4.78, 5) is 37.3. The van der Waals surface area contributed by atoms with Crippen molar-refractivity contribution in [2.75, 3.05) is 47.5 Å². The van der Waals surface area contributed by atoms with Gasteiger partial charge < -0.3 is 28.5 Å². The van der Waals surface area contributed by atoms with Gasteiger partial charge in [0, 0.05) is 12.8 Å². The average Bonchev–Trinajstić information content (AvgIpc) is 3.34. The molecule has 1 N–H and O–H groups in total. The molecule has 0 fully saturated rings. The van der Waals surface area contributed by atoms with Crippen LogP contribution in [0.5, 0.6) is 0 Å². The van der Waals surface area contributed by atoms with Crippen molar-refractivity contribution < 1.29 is 42.9 Å². The number of likely N-dealkylation sites (N-methyl/N-ethyl adjacent to an activating group) is 1. The maximum Gasteiger partial charge on any atom is 0.361 e. The Bertz CT molecular complexity index is 1620. The molecule has 0 heterocycles. The molecular formula is C62H100NO8+. The zero-order chi connectivity index (χ0) is 52.0. The number of carbonyl (C=O) groups is 3. The number of ether oxygens (including phenoxy) is 4. The monoisotopic (exact) mass is 987 g/mol. The van der Waals surface area contributed by atoms with Crippen molar-refractivity contribution in [3.05, 3.63) is 134 Å². The van der Waals surface area contributed by atoms with E-state index in [9.17, 15) is 19.5 Å². The van der Waals surface area contributed by atoms with Crippen molar-refractivity contribution in [1.29, 1.82) is 0 Å². The second kappa shape index (κ2) is 51.8. The molecule has 0 amide bonds. The summed E-state index contributed by atoms with van der Waals surface area (Å²) < 4.78 is 22.7. The molecule has 71 heavy (non-hydrogen) atoms. The predicted octanol–water partition coefficient (Wildman–Crippen LogP) is 15.9. The number of aliphatic carboxylic acids is 1. The standard InChI is InChI=1S/C62H99NO8/c1-6-8-10-12-14-16-18-20-21-22-23-24-25-26-27-28-29-30-31-32-33-34-35-36-37-38-39-41-43-45-47-49-51-53-60(65)71-58(57-70-62(61(66)67)68-55-54-63(3,4)5)56-69-59(64)52-50-48-46-44-42-40-19-17-15-13-11-9-7-2/h8,10,14,16-17,19-21,23-24,26-27,29-30,32-33,35-36,38-39,43,45,58,62H,6-7,9,11-13,15,18,22,25,28,31,34,37,40-42,44,46-57H2,1-5H3/p+1/b10-8-,16-14-,19-17-,21-20-,24-23-,27-26-,30-29-,33-32-,36-35-,39-38-,45-43-. The van der Waals surface area contributed by atoms with E-state index in [1.165, 1.54) is 32.1 Å². The lowest BCUT2D eigenvalue weighted by atomic mass is 10.1. The maximum absolute atomic E-state index is 12.8. The van der Waals surface area contributed by atoms with Gasteiger partial charge in [0.25, 0.3) is 6.29 Å². The molecule has 0 saturated heterocycles. The van der Waals surface area contributed by atoms with Crippen LogP contribution in [0.3, 0.4) is 0 Å². The van der Waals surface area contributed by atoms with Crippen molar-refractivity contribution >= 4 is 17.9 Å². The summed E-state index contributed by atoms with van der Waals surface area (Å²) in [6, 6.07) is 0. The van der Waals surface area contributed by atoms with Gasteiger partial charge in [-0.1, -0.05) is 186 Å². The maximum atomic E-state index is 12.8. The Kier molecular flexibility index (Phi) is 48.4. The molecule has 0 aliphatic rings. The number of allylic oxidation sites excluding steroid dienone is 22. The number of rotatable bonds is 48. The third-order valence-corrected chi connectivity index (χ3v) is 10.9. The van der Waals surface area contributed by atoms with Gasteiger partial charge in [0.15, 0.2) is 6.10 Å². The van der Waals surface area contributed by atoms with Gasteiger partial charge in [-0.15, -0.1) is 0 Å². The molecule has 2 atom stereocenters. The first-order chi connectivity index (χ1) is 34.6. The first-order valence-electron chi connectivity index (χ1n) is 27.3. The van der Waals surface area contributed by atoms with Crippen LogP contribution in [0.2, 0.25) is 0 Å². The molecule has 0 saturated carbocycles. The lowest BCUT2D eigenvalue weighted by Gasteiger charge is -2.25. The van der Waals surface area contributed by atoms with Crippen LogP contribution in [0.4, 0.5) is 0 Å². The van der Waals surface area contributed by atoms with E-state index in [2.05, 4.69) is 148 Å². The molecule has 0 aliphatic carbocycles. The van der Waals surface area contributed by atoms with Gasteiger partial charge in [0.1, 0.15) is 13.2 Å². The fourth-order valence-electron chi connectivity index (χ4n) is 6.68. The van der Waals surface area contributed by atoms with Crippen LogP contribution in [0.15, 0.2) is 134 Å². The Morgan fingerprint density at radius 2 is 0.803 bits per heavy atom. The predicted molar refractivity (Wildman–Crippen MR) is 299 cm³/mol. The number of unbranched alkanes of at least 4 members (excludes halogenated alkanes) is 11. The van der Waals surface area contributed by atoms with E-state index >= 15 is 0 Å². The fraction of sp³-hybridized carbons (Fsp3) is 0.597. The third kappa shape index (κ3) is 53.1. The van der Waals surface area contributed by atoms with E-state index in [1.807, 2.05) is 21.1 Å². The number of hydrogen-bond acceptors (Lipinski definition) is 7. The molecule has 9 nitrogen and oxygen atoms in total. The quantitative estimate of drug-likeness (QED) is 0.0211. The molecule has 0 rings (SSSR count). The average molecular weight is 987 g/mol. The molecule has 0 spiro atoms. The second-order valence-electron chi connectivity index (χ2n) is 18.8. The summed E-state index contributed by atoms with van der Waals surface area (Å²) in [5, 5.41) is 9.67. The van der Waals surface area contributed by atoms with Gasteiger partial charge in [-0.05, 0) is 116 Å².